The average molecular weight is 483 g/mol. The maximum absolute atomic E-state index is 13.0. The van der Waals surface area contributed by atoms with Gasteiger partial charge in [0.05, 0.1) is 31.5 Å². The molecule has 5 rings (SSSR count). The first-order valence-corrected chi connectivity index (χ1v) is 10.9. The molecule has 2 N–H and O–H groups in total. The van der Waals surface area contributed by atoms with Crippen LogP contribution in [0.1, 0.15) is 21.6 Å². The van der Waals surface area contributed by atoms with Crippen molar-refractivity contribution in [2.45, 2.75) is 26.0 Å². The number of fused-ring (bicyclic) bond motifs is 1. The Morgan fingerprint density at radius 1 is 1.31 bits per heavy atom. The van der Waals surface area contributed by atoms with Crippen LogP contribution in [0.15, 0.2) is 42.9 Å². The van der Waals surface area contributed by atoms with Crippen LogP contribution in [0.2, 0.25) is 0 Å². The van der Waals surface area contributed by atoms with Gasteiger partial charge in [0.25, 0.3) is 0 Å². The lowest BCUT2D eigenvalue weighted by Gasteiger charge is -2.12. The van der Waals surface area contributed by atoms with Gasteiger partial charge in [0.1, 0.15) is 0 Å². The summed E-state index contributed by atoms with van der Waals surface area (Å²) in [4.78, 5) is 26.1. The third kappa shape index (κ3) is 4.63. The maximum Gasteiger partial charge on any atom is 0.300 e. The van der Waals surface area contributed by atoms with Gasteiger partial charge >= 0.3 is 6.43 Å². The summed E-state index contributed by atoms with van der Waals surface area (Å²) in [5.41, 5.74) is 2.89. The number of hydrogen-bond acceptors (Lipinski definition) is 8. The number of rotatable bonds is 7. The van der Waals surface area contributed by atoms with E-state index in [0.29, 0.717) is 35.5 Å². The minimum atomic E-state index is -3.08. The summed E-state index contributed by atoms with van der Waals surface area (Å²) < 4.78 is 29.3. The van der Waals surface area contributed by atoms with Gasteiger partial charge in [-0.3, -0.25) is 9.63 Å². The second-order valence-corrected chi connectivity index (χ2v) is 8.37. The van der Waals surface area contributed by atoms with Gasteiger partial charge in [-0.25, -0.2) is 18.4 Å². The molecule has 12 heteroatoms. The number of nitrogens with one attached hydrogen (secondary N) is 1. The van der Waals surface area contributed by atoms with Gasteiger partial charge in [-0.15, -0.1) is 0 Å². The average Bonchev–Trinajstić information content (AvgIpc) is 3.51. The van der Waals surface area contributed by atoms with Crippen molar-refractivity contribution in [2.24, 2.45) is 7.05 Å². The molecule has 0 spiro atoms. The number of ketones is 1. The fourth-order valence-electron chi connectivity index (χ4n) is 4.05. The number of carbonyl (C=O) groups is 1. The highest BCUT2D eigenvalue weighted by Gasteiger charge is 2.24. The lowest BCUT2D eigenvalue weighted by molar-refractivity contribution is -0.118. The molecule has 1 fully saturated rings. The number of halogens is 2. The van der Waals surface area contributed by atoms with E-state index < -0.39 is 18.3 Å². The molecule has 182 valence electrons. The zero-order chi connectivity index (χ0) is 24.7. The summed E-state index contributed by atoms with van der Waals surface area (Å²) in [5, 5.41) is 19.3. The number of aliphatic hydroxyl groups excluding tert-OH is 1. The van der Waals surface area contributed by atoms with Gasteiger partial charge in [-0.1, -0.05) is 0 Å². The number of carbonyl (C=O) groups excluding carboxylic acids is 1. The van der Waals surface area contributed by atoms with Crippen LogP contribution >= 0.6 is 0 Å². The first-order valence-electron chi connectivity index (χ1n) is 10.9. The monoisotopic (exact) mass is 483 g/mol. The molecule has 4 aromatic rings. The van der Waals surface area contributed by atoms with Crippen LogP contribution in [0.3, 0.4) is 0 Å². The predicted octanol–water partition coefficient (Wildman–Crippen LogP) is 2.76. The van der Waals surface area contributed by atoms with E-state index in [1.807, 2.05) is 13.1 Å². The van der Waals surface area contributed by atoms with Crippen molar-refractivity contribution in [3.05, 3.63) is 59.7 Å². The van der Waals surface area contributed by atoms with Crippen molar-refractivity contribution < 1.29 is 23.5 Å². The fraction of sp³-hybridized carbons (Fsp3) is 0.304. The Morgan fingerprint density at radius 3 is 2.89 bits per heavy atom. The van der Waals surface area contributed by atoms with Crippen molar-refractivity contribution in [3.63, 3.8) is 0 Å². The van der Waals surface area contributed by atoms with Crippen LogP contribution < -0.4 is 5.32 Å². The normalized spacial score (nSPS) is 16.5. The largest absolute Gasteiger partial charge is 0.389 e. The second kappa shape index (κ2) is 9.13. The molecular formula is C23H23F2N7O3. The molecule has 1 aromatic carbocycles. The molecule has 1 aliphatic rings. The van der Waals surface area contributed by atoms with Gasteiger partial charge in [-0.2, -0.15) is 15.1 Å². The van der Waals surface area contributed by atoms with E-state index in [-0.39, 0.29) is 18.1 Å². The molecule has 0 radical (unpaired) electrons. The number of benzene rings is 1. The fourth-order valence-corrected chi connectivity index (χ4v) is 4.05. The quantitative estimate of drug-likeness (QED) is 0.386. The van der Waals surface area contributed by atoms with Crippen molar-refractivity contribution in [1.29, 1.82) is 0 Å². The SMILES string of the molecule is Cc1nn(-c2ccnc(Nc3ccc4c(c3)c(C(=O)C(F)F)cn4C)n2)cc1CN1C[C@H](O)CO1. The van der Waals surface area contributed by atoms with Crippen LogP contribution in [0.25, 0.3) is 16.7 Å². The summed E-state index contributed by atoms with van der Waals surface area (Å²) in [6.45, 7) is 3.07. The number of β-amino-alcohol motifs (C(OH)–C–C–N with tert-alkyl or cyclic N) is 1. The molecule has 0 amide bonds. The molecule has 4 heterocycles. The number of aliphatic hydroxyl groups is 1. The first kappa shape index (κ1) is 23.0. The van der Waals surface area contributed by atoms with Gasteiger partial charge in [-0.05, 0) is 25.1 Å². The number of nitrogens with zero attached hydrogens (tertiary/aromatic N) is 6. The van der Waals surface area contributed by atoms with Crippen LogP contribution in [0.5, 0.6) is 0 Å². The molecular weight excluding hydrogens is 460 g/mol. The standard InChI is InChI=1S/C23H23F2N7O3/c1-13-14(8-31-10-16(33)12-35-31)9-32(29-13)20-5-6-26-23(28-20)27-15-3-4-19-17(7-15)18(11-30(19)2)21(34)22(24)25/h3-7,9,11,16,22,33H,8,10,12H2,1-2H3,(H,26,27,28)/t16-/m0/s1. The molecule has 1 aliphatic heterocycles. The van der Waals surface area contributed by atoms with Crippen LogP contribution in [-0.2, 0) is 18.4 Å². The zero-order valence-corrected chi connectivity index (χ0v) is 19.0. The minimum Gasteiger partial charge on any atom is -0.389 e. The lowest BCUT2D eigenvalue weighted by atomic mass is 10.1. The van der Waals surface area contributed by atoms with Crippen molar-refractivity contribution in [1.82, 2.24) is 29.4 Å². The summed E-state index contributed by atoms with van der Waals surface area (Å²) in [6.07, 6.45) is 1.25. The minimum absolute atomic E-state index is 0.0372. The first-order chi connectivity index (χ1) is 16.8. The van der Waals surface area contributed by atoms with Gasteiger partial charge in [0.2, 0.25) is 11.7 Å². The summed E-state index contributed by atoms with van der Waals surface area (Å²) in [7, 11) is 1.70. The maximum atomic E-state index is 13.0. The molecule has 0 aliphatic carbocycles. The van der Waals surface area contributed by atoms with Crippen molar-refractivity contribution >= 4 is 28.3 Å². The third-order valence-corrected chi connectivity index (χ3v) is 5.80. The highest BCUT2D eigenvalue weighted by atomic mass is 19.3. The van der Waals surface area contributed by atoms with Gasteiger partial charge in [0.15, 0.2) is 5.82 Å². The number of aryl methyl sites for hydroxylation is 2. The van der Waals surface area contributed by atoms with E-state index in [4.69, 9.17) is 4.84 Å². The Bertz CT molecular complexity index is 1400. The predicted molar refractivity (Wildman–Crippen MR) is 123 cm³/mol. The smallest absolute Gasteiger partial charge is 0.300 e. The van der Waals surface area contributed by atoms with E-state index in [1.54, 1.807) is 51.8 Å². The number of Topliss-reactive ketones (excluding diaryl/α,β-unsaturated/α-hetero) is 1. The van der Waals surface area contributed by atoms with E-state index >= 15 is 0 Å². The summed E-state index contributed by atoms with van der Waals surface area (Å²) in [5.74, 6) is -0.418. The van der Waals surface area contributed by atoms with Crippen LogP contribution in [-0.4, -0.2) is 65.9 Å². The Morgan fingerprint density at radius 2 is 2.14 bits per heavy atom. The number of alkyl halides is 2. The van der Waals surface area contributed by atoms with Crippen molar-refractivity contribution in [2.75, 3.05) is 18.5 Å². The second-order valence-electron chi connectivity index (χ2n) is 8.37. The molecule has 0 unspecified atom stereocenters. The highest BCUT2D eigenvalue weighted by molar-refractivity contribution is 6.10. The molecule has 35 heavy (non-hydrogen) atoms. The molecule has 0 saturated carbocycles. The summed E-state index contributed by atoms with van der Waals surface area (Å²) >= 11 is 0. The number of anilines is 2. The molecule has 1 atom stereocenters. The van der Waals surface area contributed by atoms with Crippen LogP contribution in [0.4, 0.5) is 20.4 Å². The Balaban J connectivity index is 1.38. The summed E-state index contributed by atoms with van der Waals surface area (Å²) in [6, 6.07) is 6.83. The van der Waals surface area contributed by atoms with E-state index in [0.717, 1.165) is 11.3 Å². The van der Waals surface area contributed by atoms with E-state index in [2.05, 4.69) is 20.4 Å². The third-order valence-electron chi connectivity index (χ3n) is 5.80. The molecule has 10 nitrogen and oxygen atoms in total. The Hall–Kier alpha value is -3.74. The molecule has 0 bridgehead atoms. The van der Waals surface area contributed by atoms with Crippen LogP contribution in [0, 0.1) is 6.92 Å². The zero-order valence-electron chi connectivity index (χ0n) is 19.0. The number of aromatic nitrogens is 5. The van der Waals surface area contributed by atoms with E-state index in [9.17, 15) is 18.7 Å². The lowest BCUT2D eigenvalue weighted by Crippen LogP contribution is -2.20. The highest BCUT2D eigenvalue weighted by Crippen LogP contribution is 2.27. The molecule has 1 saturated heterocycles. The number of hydroxylamine groups is 2. The van der Waals surface area contributed by atoms with E-state index in [1.165, 1.54) is 6.20 Å². The van der Waals surface area contributed by atoms with Gasteiger partial charge in [0, 0.05) is 59.4 Å². The number of hydrogen-bond donors (Lipinski definition) is 2. The topological polar surface area (TPSA) is 110 Å². The Labute approximate surface area is 198 Å². The molecule has 3 aromatic heterocycles. The Kier molecular flexibility index (Phi) is 6.01. The van der Waals surface area contributed by atoms with Gasteiger partial charge < -0.3 is 15.0 Å². The van der Waals surface area contributed by atoms with Crippen molar-refractivity contribution in [3.8, 4) is 5.82 Å².